The maximum Gasteiger partial charge on any atom is 0.303 e. The first-order valence-electron chi connectivity index (χ1n) is 8.66. The molecule has 136 valence electrons. The number of nitrogens with one attached hydrogen (secondary N) is 1. The molecule has 0 aliphatic heterocycles. The number of carboxylic acids is 1. The maximum absolute atomic E-state index is 10.4. The van der Waals surface area contributed by atoms with Crippen LogP contribution in [0.5, 0.6) is 0 Å². The number of aliphatic hydroxyl groups is 1. The van der Waals surface area contributed by atoms with Crippen LogP contribution in [0.1, 0.15) is 24.0 Å². The molecule has 0 fully saturated rings. The fourth-order valence-corrected chi connectivity index (χ4v) is 2.97. The van der Waals surface area contributed by atoms with Crippen LogP contribution in [-0.2, 0) is 9.63 Å². The summed E-state index contributed by atoms with van der Waals surface area (Å²) < 4.78 is 0. The van der Waals surface area contributed by atoms with Gasteiger partial charge in [0.25, 0.3) is 0 Å². The van der Waals surface area contributed by atoms with E-state index in [9.17, 15) is 9.90 Å². The Morgan fingerprint density at radius 2 is 1.62 bits per heavy atom. The number of fused-ring (bicyclic) bond motifs is 3. The van der Waals surface area contributed by atoms with E-state index in [1.165, 1.54) is 0 Å². The van der Waals surface area contributed by atoms with E-state index in [-0.39, 0.29) is 13.0 Å². The van der Waals surface area contributed by atoms with E-state index in [1.54, 1.807) is 0 Å². The topological polar surface area (TPSA) is 91.2 Å². The lowest BCUT2D eigenvalue weighted by Gasteiger charge is -2.10. The average Bonchev–Trinajstić information content (AvgIpc) is 2.96. The van der Waals surface area contributed by atoms with Gasteiger partial charge in [-0.2, -0.15) is 0 Å². The Labute approximate surface area is 152 Å². The van der Waals surface area contributed by atoms with Crippen molar-refractivity contribution in [3.05, 3.63) is 59.7 Å². The zero-order chi connectivity index (χ0) is 18.4. The second kappa shape index (κ2) is 8.60. The molecular formula is C20H22N2O4. The first-order chi connectivity index (χ1) is 12.7. The molecule has 0 saturated carbocycles. The Kier molecular flexibility index (Phi) is 5.99. The molecule has 0 aromatic heterocycles. The Bertz CT molecular complexity index is 756. The SMILES string of the molecule is O=C(O)CCCNC[C@@H](O)CON=C1c2ccccc2-c2ccccc21. The van der Waals surface area contributed by atoms with Gasteiger partial charge < -0.3 is 20.4 Å². The molecule has 0 saturated heterocycles. The van der Waals surface area contributed by atoms with E-state index in [0.29, 0.717) is 19.5 Å². The molecular weight excluding hydrogens is 332 g/mol. The standard InChI is InChI=1S/C20H22N2O4/c23-14(12-21-11-5-10-19(24)25)13-26-22-20-17-8-3-1-6-15(17)16-7-2-4-9-18(16)20/h1-4,6-9,14,21,23H,5,10-13H2,(H,24,25)/t14-/m1/s1. The molecule has 1 atom stereocenters. The summed E-state index contributed by atoms with van der Waals surface area (Å²) in [4.78, 5) is 15.8. The van der Waals surface area contributed by atoms with E-state index >= 15 is 0 Å². The summed E-state index contributed by atoms with van der Waals surface area (Å²) in [5.41, 5.74) is 5.08. The van der Waals surface area contributed by atoms with Gasteiger partial charge >= 0.3 is 5.97 Å². The molecule has 2 aromatic carbocycles. The van der Waals surface area contributed by atoms with Crippen LogP contribution in [0.25, 0.3) is 11.1 Å². The molecule has 0 spiro atoms. The number of aliphatic hydroxyl groups excluding tert-OH is 1. The van der Waals surface area contributed by atoms with Crippen LogP contribution in [0.15, 0.2) is 53.7 Å². The normalized spacial score (nSPS) is 13.0. The number of benzene rings is 2. The van der Waals surface area contributed by atoms with E-state index in [2.05, 4.69) is 22.6 Å². The first kappa shape index (κ1) is 18.1. The molecule has 0 heterocycles. The van der Waals surface area contributed by atoms with Crippen molar-refractivity contribution in [2.75, 3.05) is 19.7 Å². The molecule has 3 N–H and O–H groups in total. The number of carboxylic acid groups (broad SMARTS) is 1. The van der Waals surface area contributed by atoms with E-state index in [0.717, 1.165) is 28.0 Å². The van der Waals surface area contributed by atoms with Gasteiger partial charge in [0.2, 0.25) is 0 Å². The van der Waals surface area contributed by atoms with Crippen molar-refractivity contribution in [2.24, 2.45) is 5.16 Å². The lowest BCUT2D eigenvalue weighted by Crippen LogP contribution is -2.30. The predicted octanol–water partition coefficient (Wildman–Crippen LogP) is 2.25. The molecule has 6 nitrogen and oxygen atoms in total. The van der Waals surface area contributed by atoms with Gasteiger partial charge in [-0.25, -0.2) is 0 Å². The monoisotopic (exact) mass is 354 g/mol. The number of hydrogen-bond acceptors (Lipinski definition) is 5. The minimum Gasteiger partial charge on any atom is -0.481 e. The number of carbonyl (C=O) groups is 1. The number of oxime groups is 1. The zero-order valence-corrected chi connectivity index (χ0v) is 14.4. The second-order valence-electron chi connectivity index (χ2n) is 6.18. The molecule has 1 aliphatic rings. The average molecular weight is 354 g/mol. The molecule has 2 aromatic rings. The van der Waals surface area contributed by atoms with Crippen molar-refractivity contribution < 1.29 is 19.8 Å². The third kappa shape index (κ3) is 4.28. The van der Waals surface area contributed by atoms with E-state index < -0.39 is 12.1 Å². The number of hydrogen-bond donors (Lipinski definition) is 3. The van der Waals surface area contributed by atoms with Gasteiger partial charge in [-0.1, -0.05) is 53.7 Å². The Morgan fingerprint density at radius 1 is 1.04 bits per heavy atom. The van der Waals surface area contributed by atoms with Crippen LogP contribution in [0.3, 0.4) is 0 Å². The largest absolute Gasteiger partial charge is 0.481 e. The second-order valence-corrected chi connectivity index (χ2v) is 6.18. The summed E-state index contributed by atoms with van der Waals surface area (Å²) in [5, 5.41) is 25.8. The van der Waals surface area contributed by atoms with E-state index in [4.69, 9.17) is 9.94 Å². The summed E-state index contributed by atoms with van der Waals surface area (Å²) in [6, 6.07) is 16.1. The summed E-state index contributed by atoms with van der Waals surface area (Å²) in [6.07, 6.45) is -0.0683. The van der Waals surface area contributed by atoms with Crippen molar-refractivity contribution in [1.29, 1.82) is 0 Å². The van der Waals surface area contributed by atoms with Gasteiger partial charge in [0, 0.05) is 24.1 Å². The van der Waals surface area contributed by atoms with Gasteiger partial charge in [-0.05, 0) is 24.1 Å². The zero-order valence-electron chi connectivity index (χ0n) is 14.4. The smallest absolute Gasteiger partial charge is 0.303 e. The van der Waals surface area contributed by atoms with E-state index in [1.807, 2.05) is 36.4 Å². The van der Waals surface area contributed by atoms with Crippen LogP contribution in [-0.4, -0.2) is 47.7 Å². The fraction of sp³-hybridized carbons (Fsp3) is 0.300. The van der Waals surface area contributed by atoms with Gasteiger partial charge in [0.1, 0.15) is 18.4 Å². The van der Waals surface area contributed by atoms with Crippen LogP contribution in [0, 0.1) is 0 Å². The van der Waals surface area contributed by atoms with Crippen LogP contribution >= 0.6 is 0 Å². The van der Waals surface area contributed by atoms with Crippen molar-refractivity contribution in [3.8, 4) is 11.1 Å². The highest BCUT2D eigenvalue weighted by Crippen LogP contribution is 2.36. The number of aliphatic carboxylic acids is 1. The number of nitrogens with zero attached hydrogens (tertiary/aromatic N) is 1. The minimum atomic E-state index is -0.816. The molecule has 3 rings (SSSR count). The Balaban J connectivity index is 1.55. The molecule has 1 aliphatic carbocycles. The number of rotatable bonds is 9. The van der Waals surface area contributed by atoms with Crippen molar-refractivity contribution in [3.63, 3.8) is 0 Å². The van der Waals surface area contributed by atoms with Gasteiger partial charge in [-0.3, -0.25) is 4.79 Å². The summed E-state index contributed by atoms with van der Waals surface area (Å²) >= 11 is 0. The van der Waals surface area contributed by atoms with Gasteiger partial charge in [0.15, 0.2) is 0 Å². The van der Waals surface area contributed by atoms with Crippen molar-refractivity contribution in [1.82, 2.24) is 5.32 Å². The lowest BCUT2D eigenvalue weighted by molar-refractivity contribution is -0.137. The van der Waals surface area contributed by atoms with Crippen molar-refractivity contribution >= 4 is 11.7 Å². The van der Waals surface area contributed by atoms with Gasteiger partial charge in [0.05, 0.1) is 0 Å². The van der Waals surface area contributed by atoms with Gasteiger partial charge in [-0.15, -0.1) is 0 Å². The Hall–Kier alpha value is -2.70. The quantitative estimate of drug-likeness (QED) is 0.405. The molecule has 0 amide bonds. The minimum absolute atomic E-state index is 0.0692. The molecule has 0 bridgehead atoms. The van der Waals surface area contributed by atoms with Crippen LogP contribution in [0.4, 0.5) is 0 Å². The highest BCUT2D eigenvalue weighted by atomic mass is 16.6. The highest BCUT2D eigenvalue weighted by Gasteiger charge is 2.24. The molecule has 26 heavy (non-hydrogen) atoms. The first-order valence-corrected chi connectivity index (χ1v) is 8.66. The molecule has 0 unspecified atom stereocenters. The third-order valence-electron chi connectivity index (χ3n) is 4.20. The lowest BCUT2D eigenvalue weighted by atomic mass is 10.1. The highest BCUT2D eigenvalue weighted by molar-refractivity contribution is 6.24. The molecule has 6 heteroatoms. The maximum atomic E-state index is 10.4. The molecule has 0 radical (unpaired) electrons. The predicted molar refractivity (Wildman–Crippen MR) is 99.2 cm³/mol. The summed E-state index contributed by atoms with van der Waals surface area (Å²) in [5.74, 6) is -0.816. The van der Waals surface area contributed by atoms with Crippen LogP contribution < -0.4 is 5.32 Å². The van der Waals surface area contributed by atoms with Crippen molar-refractivity contribution in [2.45, 2.75) is 18.9 Å². The summed E-state index contributed by atoms with van der Waals surface area (Å²) in [7, 11) is 0. The van der Waals surface area contributed by atoms with Crippen LogP contribution in [0.2, 0.25) is 0 Å². The fourth-order valence-electron chi connectivity index (χ4n) is 2.97. The third-order valence-corrected chi connectivity index (χ3v) is 4.20. The summed E-state index contributed by atoms with van der Waals surface area (Å²) in [6.45, 7) is 0.941. The Morgan fingerprint density at radius 3 is 2.19 bits per heavy atom.